The summed E-state index contributed by atoms with van der Waals surface area (Å²) in [5, 5.41) is 0.923. The number of hydrogen-bond acceptors (Lipinski definition) is 4. The van der Waals surface area contributed by atoms with Gasteiger partial charge in [-0.1, -0.05) is 20.8 Å². The van der Waals surface area contributed by atoms with Crippen LogP contribution in [0.2, 0.25) is 0 Å². The van der Waals surface area contributed by atoms with Crippen LogP contribution in [0.25, 0.3) is 16.7 Å². The highest BCUT2D eigenvalue weighted by molar-refractivity contribution is 5.88. The van der Waals surface area contributed by atoms with E-state index in [0.717, 1.165) is 28.2 Å². The zero-order valence-electron chi connectivity index (χ0n) is 14.0. The summed E-state index contributed by atoms with van der Waals surface area (Å²) in [6, 6.07) is 7.59. The number of benzene rings is 1. The van der Waals surface area contributed by atoms with Gasteiger partial charge in [-0.2, -0.15) is 0 Å². The molecular weight excluding hydrogens is 288 g/mol. The number of fused-ring (bicyclic) bond motifs is 1. The average molecular weight is 310 g/mol. The summed E-state index contributed by atoms with van der Waals surface area (Å²) in [5.41, 5.74) is 8.47. The Bertz CT molecular complexity index is 846. The number of ether oxygens (including phenoxy) is 1. The van der Waals surface area contributed by atoms with Crippen molar-refractivity contribution in [2.75, 3.05) is 12.3 Å². The summed E-state index contributed by atoms with van der Waals surface area (Å²) in [6.07, 6.45) is 3.81. The number of hydrogen-bond donors (Lipinski definition) is 1. The second kappa shape index (κ2) is 5.57. The lowest BCUT2D eigenvalue weighted by Crippen LogP contribution is -2.11. The number of nitrogens with zero attached hydrogens (tertiary/aromatic N) is 3. The smallest absolute Gasteiger partial charge is 0.142 e. The van der Waals surface area contributed by atoms with Gasteiger partial charge >= 0.3 is 0 Å². The topological polar surface area (TPSA) is 66.0 Å². The Morgan fingerprint density at radius 1 is 1.22 bits per heavy atom. The second-order valence-electron chi connectivity index (χ2n) is 6.60. The van der Waals surface area contributed by atoms with Crippen molar-refractivity contribution in [1.29, 1.82) is 0 Å². The maximum absolute atomic E-state index is 5.89. The molecule has 0 unspecified atom stereocenters. The van der Waals surface area contributed by atoms with E-state index in [1.807, 2.05) is 42.0 Å². The Kier molecular flexibility index (Phi) is 3.72. The van der Waals surface area contributed by atoms with E-state index >= 15 is 0 Å². The number of imidazole rings is 1. The van der Waals surface area contributed by atoms with Crippen LogP contribution in [-0.4, -0.2) is 21.1 Å². The molecule has 3 aromatic rings. The van der Waals surface area contributed by atoms with Gasteiger partial charge in [-0.05, 0) is 25.1 Å². The van der Waals surface area contributed by atoms with Crippen molar-refractivity contribution in [3.05, 3.63) is 42.5 Å². The van der Waals surface area contributed by atoms with Crippen LogP contribution >= 0.6 is 0 Å². The molecule has 0 amide bonds. The lowest BCUT2D eigenvalue weighted by Gasteiger charge is -2.14. The molecule has 1 aromatic carbocycles. The Morgan fingerprint density at radius 3 is 2.65 bits per heavy atom. The number of nitrogens with two attached hydrogens (primary N) is 1. The van der Waals surface area contributed by atoms with E-state index in [-0.39, 0.29) is 5.41 Å². The van der Waals surface area contributed by atoms with E-state index in [4.69, 9.17) is 15.5 Å². The SMILES string of the molecule is CCOc1cc(-n2cnc(C(C)(C)C)c2)nc2ccc(N)cc12. The molecule has 0 radical (unpaired) electrons. The summed E-state index contributed by atoms with van der Waals surface area (Å²) in [6.45, 7) is 8.98. The number of anilines is 1. The predicted octanol–water partition coefficient (Wildman–Crippen LogP) is 3.70. The molecule has 0 fully saturated rings. The first-order chi connectivity index (χ1) is 10.9. The van der Waals surface area contributed by atoms with E-state index in [9.17, 15) is 0 Å². The molecule has 23 heavy (non-hydrogen) atoms. The quantitative estimate of drug-likeness (QED) is 0.749. The van der Waals surface area contributed by atoms with Crippen LogP contribution in [-0.2, 0) is 5.41 Å². The highest BCUT2D eigenvalue weighted by Gasteiger charge is 2.18. The summed E-state index contributed by atoms with van der Waals surface area (Å²) < 4.78 is 7.71. The zero-order chi connectivity index (χ0) is 16.6. The minimum Gasteiger partial charge on any atom is -0.493 e. The van der Waals surface area contributed by atoms with Crippen molar-refractivity contribution in [2.24, 2.45) is 0 Å². The number of pyridine rings is 1. The minimum absolute atomic E-state index is 0.000697. The Labute approximate surface area is 136 Å². The van der Waals surface area contributed by atoms with Crippen LogP contribution in [0.15, 0.2) is 36.8 Å². The van der Waals surface area contributed by atoms with Crippen LogP contribution in [0.1, 0.15) is 33.4 Å². The predicted molar refractivity (Wildman–Crippen MR) is 93.1 cm³/mol. The molecule has 0 aliphatic carbocycles. The number of rotatable bonds is 3. The largest absolute Gasteiger partial charge is 0.493 e. The van der Waals surface area contributed by atoms with Gasteiger partial charge in [0, 0.05) is 28.8 Å². The number of aromatic nitrogens is 3. The number of nitrogen functional groups attached to an aromatic ring is 1. The molecule has 2 aromatic heterocycles. The molecule has 0 atom stereocenters. The average Bonchev–Trinajstić information content (AvgIpc) is 2.98. The molecule has 0 spiro atoms. The minimum atomic E-state index is -0.000697. The molecule has 0 saturated carbocycles. The molecule has 5 nitrogen and oxygen atoms in total. The molecule has 0 saturated heterocycles. The normalized spacial score (nSPS) is 11.8. The summed E-state index contributed by atoms with van der Waals surface area (Å²) in [4.78, 5) is 9.21. The maximum Gasteiger partial charge on any atom is 0.142 e. The van der Waals surface area contributed by atoms with Crippen LogP contribution in [0.5, 0.6) is 5.75 Å². The van der Waals surface area contributed by atoms with Gasteiger partial charge in [-0.25, -0.2) is 9.97 Å². The first kappa shape index (κ1) is 15.3. The Hall–Kier alpha value is -2.56. The van der Waals surface area contributed by atoms with Gasteiger partial charge in [0.2, 0.25) is 0 Å². The van der Waals surface area contributed by atoms with Crippen LogP contribution < -0.4 is 10.5 Å². The molecule has 2 heterocycles. The fourth-order valence-electron chi connectivity index (χ4n) is 2.44. The first-order valence-corrected chi connectivity index (χ1v) is 7.76. The molecular formula is C18H22N4O. The fourth-order valence-corrected chi connectivity index (χ4v) is 2.44. The van der Waals surface area contributed by atoms with Crippen LogP contribution in [0.3, 0.4) is 0 Å². The van der Waals surface area contributed by atoms with Crippen molar-refractivity contribution in [3.63, 3.8) is 0 Å². The van der Waals surface area contributed by atoms with Gasteiger partial charge in [0.15, 0.2) is 0 Å². The lowest BCUT2D eigenvalue weighted by molar-refractivity contribution is 0.344. The van der Waals surface area contributed by atoms with Crippen molar-refractivity contribution in [2.45, 2.75) is 33.1 Å². The van der Waals surface area contributed by atoms with E-state index in [1.165, 1.54) is 0 Å². The molecule has 120 valence electrons. The highest BCUT2D eigenvalue weighted by Crippen LogP contribution is 2.29. The van der Waals surface area contributed by atoms with Gasteiger partial charge in [0.25, 0.3) is 0 Å². The van der Waals surface area contributed by atoms with Gasteiger partial charge in [-0.15, -0.1) is 0 Å². The van der Waals surface area contributed by atoms with E-state index in [0.29, 0.717) is 12.3 Å². The molecule has 3 rings (SSSR count). The monoisotopic (exact) mass is 310 g/mol. The maximum atomic E-state index is 5.89. The molecule has 0 bridgehead atoms. The second-order valence-corrected chi connectivity index (χ2v) is 6.60. The van der Waals surface area contributed by atoms with Gasteiger partial charge in [-0.3, -0.25) is 4.57 Å². The van der Waals surface area contributed by atoms with Crippen molar-refractivity contribution in [3.8, 4) is 11.6 Å². The third-order valence-corrected chi connectivity index (χ3v) is 3.70. The standard InChI is InChI=1S/C18H22N4O/c1-5-23-15-9-17(21-14-7-6-12(19)8-13(14)15)22-10-16(20-11-22)18(2,3)4/h6-11H,5,19H2,1-4H3. The van der Waals surface area contributed by atoms with Gasteiger partial charge in [0.05, 0.1) is 17.8 Å². The summed E-state index contributed by atoms with van der Waals surface area (Å²) in [5.74, 6) is 1.57. The highest BCUT2D eigenvalue weighted by atomic mass is 16.5. The Balaban J connectivity index is 2.14. The first-order valence-electron chi connectivity index (χ1n) is 7.76. The molecule has 5 heteroatoms. The van der Waals surface area contributed by atoms with E-state index < -0.39 is 0 Å². The summed E-state index contributed by atoms with van der Waals surface area (Å²) in [7, 11) is 0. The Morgan fingerprint density at radius 2 is 2.00 bits per heavy atom. The van der Waals surface area contributed by atoms with Crippen molar-refractivity contribution >= 4 is 16.6 Å². The lowest BCUT2D eigenvalue weighted by atomic mass is 9.93. The van der Waals surface area contributed by atoms with Crippen LogP contribution in [0, 0.1) is 0 Å². The zero-order valence-corrected chi connectivity index (χ0v) is 14.0. The third kappa shape index (κ3) is 2.99. The molecule has 2 N–H and O–H groups in total. The summed E-state index contributed by atoms with van der Waals surface area (Å²) >= 11 is 0. The molecule has 0 aliphatic rings. The van der Waals surface area contributed by atoms with E-state index in [1.54, 1.807) is 6.33 Å². The third-order valence-electron chi connectivity index (χ3n) is 3.70. The van der Waals surface area contributed by atoms with Crippen molar-refractivity contribution in [1.82, 2.24) is 14.5 Å². The fraction of sp³-hybridized carbons (Fsp3) is 0.333. The molecule has 0 aliphatic heterocycles. The van der Waals surface area contributed by atoms with Crippen LogP contribution in [0.4, 0.5) is 5.69 Å². The van der Waals surface area contributed by atoms with Gasteiger partial charge < -0.3 is 10.5 Å². The van der Waals surface area contributed by atoms with Gasteiger partial charge in [0.1, 0.15) is 17.9 Å². The van der Waals surface area contributed by atoms with Crippen molar-refractivity contribution < 1.29 is 4.74 Å². The van der Waals surface area contributed by atoms with E-state index in [2.05, 4.69) is 25.8 Å².